The van der Waals surface area contributed by atoms with Crippen LogP contribution in [-0.4, -0.2) is 19.4 Å². The maximum absolute atomic E-state index is 13.6. The molecule has 0 radical (unpaired) electrons. The first-order chi connectivity index (χ1) is 11.8. The molecular weight excluding hydrogens is 312 g/mol. The third kappa shape index (κ3) is 2.27. The van der Waals surface area contributed by atoms with Crippen LogP contribution in [0.5, 0.6) is 0 Å². The Labute approximate surface area is 138 Å². The van der Waals surface area contributed by atoms with Gasteiger partial charge in [0, 0.05) is 11.1 Å². The molecule has 0 aliphatic carbocycles. The molecule has 0 saturated carbocycles. The summed E-state index contributed by atoms with van der Waals surface area (Å²) >= 11 is 0. The highest BCUT2D eigenvalue weighted by atomic mass is 16.8. The summed E-state index contributed by atoms with van der Waals surface area (Å²) in [5, 5.41) is 0. The van der Waals surface area contributed by atoms with Gasteiger partial charge in [-0.15, -0.1) is 0 Å². The number of hydrogen-bond acceptors (Lipinski definition) is 7. The second kappa shape index (κ2) is 6.06. The molecule has 2 atom stereocenters. The van der Waals surface area contributed by atoms with E-state index in [9.17, 15) is 4.79 Å². The number of Topliss-reactive ketones (excluding diaryl/α,β-unsaturated/α-hetero) is 1. The molecule has 2 aliphatic rings. The van der Waals surface area contributed by atoms with E-state index in [0.29, 0.717) is 11.1 Å². The van der Waals surface area contributed by atoms with Crippen molar-refractivity contribution in [2.45, 2.75) is 11.4 Å². The lowest BCUT2D eigenvalue weighted by Crippen LogP contribution is -2.59. The van der Waals surface area contributed by atoms with E-state index < -0.39 is 17.2 Å². The zero-order valence-electron chi connectivity index (χ0n) is 12.7. The Balaban J connectivity index is 1.82. The first kappa shape index (κ1) is 15.4. The topological polar surface area (TPSA) is 78.1 Å². The van der Waals surface area contributed by atoms with Gasteiger partial charge >= 0.3 is 0 Å². The van der Waals surface area contributed by atoms with Crippen molar-refractivity contribution in [3.8, 4) is 0 Å². The minimum absolute atomic E-state index is 0.0631. The van der Waals surface area contributed by atoms with Crippen molar-refractivity contribution in [1.82, 2.24) is 11.0 Å². The highest BCUT2D eigenvalue weighted by Gasteiger charge is 2.59. The molecule has 7 nitrogen and oxygen atoms in total. The molecule has 0 spiro atoms. The lowest BCUT2D eigenvalue weighted by atomic mass is 9.88. The molecule has 2 aromatic rings. The van der Waals surface area contributed by atoms with Crippen LogP contribution >= 0.6 is 0 Å². The molecule has 2 N–H and O–H groups in total. The summed E-state index contributed by atoms with van der Waals surface area (Å²) in [6.07, 6.45) is 0. The Kier molecular flexibility index (Phi) is 3.89. The summed E-state index contributed by atoms with van der Waals surface area (Å²) in [4.78, 5) is 23.9. The molecule has 24 heavy (non-hydrogen) atoms. The van der Waals surface area contributed by atoms with Crippen LogP contribution in [0.3, 0.4) is 0 Å². The van der Waals surface area contributed by atoms with Crippen LogP contribution in [0.2, 0.25) is 0 Å². The highest BCUT2D eigenvalue weighted by Crippen LogP contribution is 2.38. The van der Waals surface area contributed by atoms with Gasteiger partial charge in [-0.2, -0.15) is 11.0 Å². The lowest BCUT2D eigenvalue weighted by molar-refractivity contribution is -0.168. The van der Waals surface area contributed by atoms with Crippen molar-refractivity contribution < 1.29 is 23.9 Å². The fourth-order valence-electron chi connectivity index (χ4n) is 2.92. The van der Waals surface area contributed by atoms with Crippen LogP contribution in [0.4, 0.5) is 0 Å². The van der Waals surface area contributed by atoms with Crippen molar-refractivity contribution in [1.29, 1.82) is 0 Å². The predicted molar refractivity (Wildman–Crippen MR) is 81.6 cm³/mol. The van der Waals surface area contributed by atoms with Gasteiger partial charge in [0.05, 0.1) is 0 Å². The predicted octanol–water partition coefficient (Wildman–Crippen LogP) is 1.28. The summed E-state index contributed by atoms with van der Waals surface area (Å²) in [7, 11) is 0. The third-order valence-electron chi connectivity index (χ3n) is 4.10. The van der Waals surface area contributed by atoms with Crippen molar-refractivity contribution in [3.63, 3.8) is 0 Å². The van der Waals surface area contributed by atoms with Gasteiger partial charge in [-0.05, 0) is 0 Å². The Morgan fingerprint density at radius 1 is 0.750 bits per heavy atom. The average molecular weight is 328 g/mol. The Hall–Kier alpha value is -2.13. The average Bonchev–Trinajstić information content (AvgIpc) is 3.34. The molecule has 2 heterocycles. The summed E-state index contributed by atoms with van der Waals surface area (Å²) in [6, 6.07) is 18.1. The number of ether oxygens (including phenoxy) is 2. The van der Waals surface area contributed by atoms with E-state index in [1.54, 1.807) is 24.3 Å². The molecule has 2 fully saturated rings. The minimum Gasteiger partial charge on any atom is -0.319 e. The van der Waals surface area contributed by atoms with Crippen LogP contribution in [0, 0.1) is 0 Å². The second-order valence-corrected chi connectivity index (χ2v) is 5.44. The van der Waals surface area contributed by atoms with Gasteiger partial charge in [0.25, 0.3) is 0 Å². The van der Waals surface area contributed by atoms with Crippen LogP contribution in [-0.2, 0) is 35.4 Å². The largest absolute Gasteiger partial charge is 0.319 e. The van der Waals surface area contributed by atoms with Crippen molar-refractivity contribution in [2.75, 3.05) is 13.6 Å². The van der Waals surface area contributed by atoms with E-state index in [1.807, 2.05) is 36.4 Å². The maximum atomic E-state index is 13.6. The first-order valence-corrected chi connectivity index (χ1v) is 7.50. The highest BCUT2D eigenvalue weighted by molar-refractivity contribution is 5.96. The summed E-state index contributed by atoms with van der Waals surface area (Å²) in [5.41, 5.74) is 3.64. The molecule has 0 amide bonds. The number of rotatable bonds is 4. The van der Waals surface area contributed by atoms with Gasteiger partial charge in [-0.1, -0.05) is 60.7 Å². The maximum Gasteiger partial charge on any atom is 0.240 e. The van der Waals surface area contributed by atoms with Gasteiger partial charge in [0.1, 0.15) is 0 Å². The summed E-state index contributed by atoms with van der Waals surface area (Å²) < 4.78 is 11.4. The van der Waals surface area contributed by atoms with Crippen LogP contribution in [0.1, 0.15) is 11.1 Å². The molecule has 0 aromatic heterocycles. The number of nitrogens with one attached hydrogen (secondary N) is 2. The minimum atomic E-state index is -1.50. The molecule has 7 heteroatoms. The zero-order valence-corrected chi connectivity index (χ0v) is 12.7. The summed E-state index contributed by atoms with van der Waals surface area (Å²) in [6.45, 7) is -0.126. The van der Waals surface area contributed by atoms with Crippen molar-refractivity contribution in [2.24, 2.45) is 0 Å². The number of benzene rings is 2. The second-order valence-electron chi connectivity index (χ2n) is 5.44. The molecule has 2 aromatic carbocycles. The van der Waals surface area contributed by atoms with Crippen LogP contribution in [0.25, 0.3) is 0 Å². The summed E-state index contributed by atoms with van der Waals surface area (Å²) in [5.74, 6) is -0.414. The Morgan fingerprint density at radius 2 is 1.17 bits per heavy atom. The number of hydroxylamine groups is 2. The zero-order chi connectivity index (χ0) is 16.5. The molecule has 0 bridgehead atoms. The monoisotopic (exact) mass is 328 g/mol. The van der Waals surface area contributed by atoms with E-state index in [2.05, 4.69) is 11.0 Å². The van der Waals surface area contributed by atoms with Gasteiger partial charge in [0.15, 0.2) is 13.6 Å². The third-order valence-corrected chi connectivity index (χ3v) is 4.10. The Bertz CT molecular complexity index is 649. The number of carbonyl (C=O) groups excluding carboxylic acids is 1. The van der Waals surface area contributed by atoms with E-state index in [4.69, 9.17) is 19.1 Å². The van der Waals surface area contributed by atoms with Crippen molar-refractivity contribution >= 4 is 5.78 Å². The van der Waals surface area contributed by atoms with Gasteiger partial charge < -0.3 is 9.47 Å². The van der Waals surface area contributed by atoms with E-state index in [0.717, 1.165) is 0 Å². The molecule has 4 rings (SSSR count). The van der Waals surface area contributed by atoms with Gasteiger partial charge in [0.2, 0.25) is 17.2 Å². The van der Waals surface area contributed by atoms with E-state index >= 15 is 0 Å². The van der Waals surface area contributed by atoms with E-state index in [-0.39, 0.29) is 13.6 Å². The molecule has 124 valence electrons. The fraction of sp³-hybridized carbons (Fsp3) is 0.235. The molecule has 2 aliphatic heterocycles. The van der Waals surface area contributed by atoms with E-state index in [1.165, 1.54) is 0 Å². The Morgan fingerprint density at radius 3 is 1.50 bits per heavy atom. The molecule has 2 saturated heterocycles. The van der Waals surface area contributed by atoms with Crippen LogP contribution < -0.4 is 11.0 Å². The van der Waals surface area contributed by atoms with Gasteiger partial charge in [-0.3, -0.25) is 14.5 Å². The number of ketones is 1. The van der Waals surface area contributed by atoms with Crippen LogP contribution in [0.15, 0.2) is 60.7 Å². The normalized spacial score (nSPS) is 29.7. The quantitative estimate of drug-likeness (QED) is 0.875. The molecular formula is C17H16N2O5. The SMILES string of the molecule is O=C(C1(c2ccccc2)NOCO1)C1(c2ccccc2)NOCO1. The number of carbonyl (C=O) groups is 1. The first-order valence-electron chi connectivity index (χ1n) is 7.50. The molecule has 2 unspecified atom stereocenters. The smallest absolute Gasteiger partial charge is 0.240 e. The fourth-order valence-corrected chi connectivity index (χ4v) is 2.92. The van der Waals surface area contributed by atoms with Gasteiger partial charge in [-0.25, -0.2) is 0 Å². The lowest BCUT2D eigenvalue weighted by Gasteiger charge is -2.34. The standard InChI is InChI=1S/C17H16N2O5/c20-15(16(18-23-11-21-16)13-7-3-1-4-8-13)17(19-24-12-22-17)14-9-5-2-6-10-14/h1-10,18-19H,11-12H2. The number of hydrogen-bond donors (Lipinski definition) is 2. The van der Waals surface area contributed by atoms with Crippen molar-refractivity contribution in [3.05, 3.63) is 71.8 Å².